The number of rotatable bonds is 9. The summed E-state index contributed by atoms with van der Waals surface area (Å²) in [6.45, 7) is 11.8. The number of benzene rings is 1. The molecule has 2 amide bonds. The van der Waals surface area contributed by atoms with E-state index in [1.165, 1.54) is 4.90 Å². The number of imide groups is 1. The molecule has 0 bridgehead atoms. The molecule has 2 aliphatic heterocycles. The van der Waals surface area contributed by atoms with Gasteiger partial charge >= 0.3 is 0 Å². The second-order valence-electron chi connectivity index (χ2n) is 8.79. The van der Waals surface area contributed by atoms with E-state index in [0.29, 0.717) is 36.8 Å². The Labute approximate surface area is 181 Å². The molecule has 0 aromatic heterocycles. The summed E-state index contributed by atoms with van der Waals surface area (Å²) in [7, 11) is 0. The Bertz CT molecular complexity index is 807. The Hall–Kier alpha value is -2.14. The van der Waals surface area contributed by atoms with Crippen molar-refractivity contribution < 1.29 is 14.3 Å². The van der Waals surface area contributed by atoms with Crippen molar-refractivity contribution in [2.75, 3.05) is 32.8 Å². The number of carbonyl (C=O) groups excluding carboxylic acids is 2. The largest absolute Gasteiger partial charge is 0.381 e. The summed E-state index contributed by atoms with van der Waals surface area (Å²) in [6.07, 6.45) is 4.92. The quantitative estimate of drug-likeness (QED) is 0.448. The van der Waals surface area contributed by atoms with Gasteiger partial charge in [0.25, 0.3) is 11.8 Å². The summed E-state index contributed by atoms with van der Waals surface area (Å²) in [5, 5.41) is 0. The van der Waals surface area contributed by atoms with Gasteiger partial charge in [0.15, 0.2) is 0 Å². The lowest BCUT2D eigenvalue weighted by Gasteiger charge is -2.32. The summed E-state index contributed by atoms with van der Waals surface area (Å²) in [5.41, 5.74) is 4.26. The Balaban J connectivity index is 1.83. The standard InChI is InChI=1S/C25H36N2O3/c1-5-6-15-30-16-7-12-27-24(28)22(21-9-8-19(3)17-20(21)4)23(25(27)29)26-13-10-18(2)11-14-26/h8-9,17-18H,5-7,10-16H2,1-4H3. The Morgan fingerprint density at radius 1 is 1.03 bits per heavy atom. The van der Waals surface area contributed by atoms with Crippen LogP contribution < -0.4 is 0 Å². The third-order valence-electron chi connectivity index (χ3n) is 6.21. The molecule has 5 heteroatoms. The molecular formula is C25H36N2O3. The van der Waals surface area contributed by atoms with Gasteiger partial charge in [0, 0.05) is 32.8 Å². The van der Waals surface area contributed by atoms with Gasteiger partial charge in [-0.2, -0.15) is 0 Å². The fourth-order valence-corrected chi connectivity index (χ4v) is 4.30. The normalized spacial score (nSPS) is 18.1. The van der Waals surface area contributed by atoms with Crippen molar-refractivity contribution in [3.63, 3.8) is 0 Å². The van der Waals surface area contributed by atoms with Gasteiger partial charge in [-0.05, 0) is 56.6 Å². The highest BCUT2D eigenvalue weighted by molar-refractivity contribution is 6.35. The van der Waals surface area contributed by atoms with E-state index in [2.05, 4.69) is 24.8 Å². The Morgan fingerprint density at radius 3 is 2.40 bits per heavy atom. The molecule has 0 atom stereocenters. The highest BCUT2D eigenvalue weighted by Crippen LogP contribution is 2.35. The van der Waals surface area contributed by atoms with Crippen molar-refractivity contribution in [1.82, 2.24) is 9.80 Å². The number of hydrogen-bond acceptors (Lipinski definition) is 4. The van der Waals surface area contributed by atoms with Crippen LogP contribution in [0.1, 0.15) is 62.6 Å². The van der Waals surface area contributed by atoms with Crippen LogP contribution in [0.25, 0.3) is 5.57 Å². The van der Waals surface area contributed by atoms with Gasteiger partial charge in [0.1, 0.15) is 5.70 Å². The smallest absolute Gasteiger partial charge is 0.277 e. The Morgan fingerprint density at radius 2 is 1.73 bits per heavy atom. The topological polar surface area (TPSA) is 49.9 Å². The van der Waals surface area contributed by atoms with Crippen LogP contribution in [-0.4, -0.2) is 54.5 Å². The number of nitrogens with zero attached hydrogens (tertiary/aromatic N) is 2. The van der Waals surface area contributed by atoms with Crippen LogP contribution in [0.5, 0.6) is 0 Å². The van der Waals surface area contributed by atoms with Gasteiger partial charge in [0.05, 0.1) is 5.57 Å². The average Bonchev–Trinajstić information content (AvgIpc) is 2.96. The molecule has 3 rings (SSSR count). The van der Waals surface area contributed by atoms with Gasteiger partial charge in [-0.3, -0.25) is 14.5 Å². The molecular weight excluding hydrogens is 376 g/mol. The summed E-state index contributed by atoms with van der Waals surface area (Å²) >= 11 is 0. The van der Waals surface area contributed by atoms with Gasteiger partial charge in [-0.25, -0.2) is 0 Å². The molecule has 1 saturated heterocycles. The summed E-state index contributed by atoms with van der Waals surface area (Å²) in [4.78, 5) is 30.4. The molecule has 0 unspecified atom stereocenters. The number of amides is 2. The highest BCUT2D eigenvalue weighted by Gasteiger charge is 2.42. The van der Waals surface area contributed by atoms with Crippen molar-refractivity contribution in [3.8, 4) is 0 Å². The van der Waals surface area contributed by atoms with Gasteiger partial charge < -0.3 is 9.64 Å². The van der Waals surface area contributed by atoms with Crippen molar-refractivity contribution in [1.29, 1.82) is 0 Å². The van der Waals surface area contributed by atoms with E-state index < -0.39 is 0 Å². The minimum Gasteiger partial charge on any atom is -0.381 e. The lowest BCUT2D eigenvalue weighted by atomic mass is 9.95. The lowest BCUT2D eigenvalue weighted by Crippen LogP contribution is -2.39. The molecule has 30 heavy (non-hydrogen) atoms. The summed E-state index contributed by atoms with van der Waals surface area (Å²) in [5.74, 6) is 0.363. The van der Waals surface area contributed by atoms with Crippen molar-refractivity contribution in [2.24, 2.45) is 5.92 Å². The minimum atomic E-state index is -0.158. The molecule has 0 N–H and O–H groups in total. The number of carbonyl (C=O) groups is 2. The van der Waals surface area contributed by atoms with Crippen molar-refractivity contribution >= 4 is 17.4 Å². The van der Waals surface area contributed by atoms with E-state index in [0.717, 1.165) is 62.1 Å². The van der Waals surface area contributed by atoms with Crippen LogP contribution in [0.15, 0.2) is 23.9 Å². The van der Waals surface area contributed by atoms with E-state index in [4.69, 9.17) is 4.74 Å². The van der Waals surface area contributed by atoms with Crippen LogP contribution in [0, 0.1) is 19.8 Å². The van der Waals surface area contributed by atoms with E-state index >= 15 is 0 Å². The van der Waals surface area contributed by atoms with E-state index in [1.807, 2.05) is 26.0 Å². The second kappa shape index (κ2) is 10.3. The molecule has 1 fully saturated rings. The van der Waals surface area contributed by atoms with Crippen LogP contribution in [0.2, 0.25) is 0 Å². The van der Waals surface area contributed by atoms with Crippen molar-refractivity contribution in [2.45, 2.75) is 59.8 Å². The highest BCUT2D eigenvalue weighted by atomic mass is 16.5. The lowest BCUT2D eigenvalue weighted by molar-refractivity contribution is -0.137. The van der Waals surface area contributed by atoms with E-state index in [1.54, 1.807) is 0 Å². The van der Waals surface area contributed by atoms with Gasteiger partial charge in [0.2, 0.25) is 0 Å². The van der Waals surface area contributed by atoms with Gasteiger partial charge in [-0.15, -0.1) is 0 Å². The third kappa shape index (κ3) is 4.94. The van der Waals surface area contributed by atoms with Crippen LogP contribution in [0.4, 0.5) is 0 Å². The molecule has 0 saturated carbocycles. The molecule has 1 aromatic rings. The van der Waals surface area contributed by atoms with E-state index in [-0.39, 0.29) is 11.8 Å². The maximum atomic E-state index is 13.4. The number of hydrogen-bond donors (Lipinski definition) is 0. The monoisotopic (exact) mass is 412 g/mol. The molecule has 2 heterocycles. The fourth-order valence-electron chi connectivity index (χ4n) is 4.30. The molecule has 2 aliphatic rings. The number of likely N-dealkylation sites (tertiary alicyclic amines) is 1. The molecule has 0 aliphatic carbocycles. The first-order valence-corrected chi connectivity index (χ1v) is 11.4. The number of aryl methyl sites for hydroxylation is 2. The number of piperidine rings is 1. The van der Waals surface area contributed by atoms with Crippen molar-refractivity contribution in [3.05, 3.63) is 40.6 Å². The molecule has 0 radical (unpaired) electrons. The maximum absolute atomic E-state index is 13.4. The fraction of sp³-hybridized carbons (Fsp3) is 0.600. The summed E-state index contributed by atoms with van der Waals surface area (Å²) in [6, 6.07) is 6.10. The zero-order chi connectivity index (χ0) is 21.7. The molecule has 164 valence electrons. The number of unbranched alkanes of at least 4 members (excludes halogenated alkanes) is 1. The number of ether oxygens (including phenoxy) is 1. The second-order valence-corrected chi connectivity index (χ2v) is 8.79. The predicted octanol–water partition coefficient (Wildman–Crippen LogP) is 4.32. The Kier molecular flexibility index (Phi) is 7.70. The SMILES string of the molecule is CCCCOCCCN1C(=O)C(c2ccc(C)cc2C)=C(N2CCC(C)CC2)C1=O. The average molecular weight is 413 g/mol. The van der Waals surface area contributed by atoms with Crippen LogP contribution in [0.3, 0.4) is 0 Å². The van der Waals surface area contributed by atoms with E-state index in [9.17, 15) is 9.59 Å². The predicted molar refractivity (Wildman–Crippen MR) is 120 cm³/mol. The first-order chi connectivity index (χ1) is 14.4. The molecule has 1 aromatic carbocycles. The first-order valence-electron chi connectivity index (χ1n) is 11.4. The molecule has 0 spiro atoms. The maximum Gasteiger partial charge on any atom is 0.277 e. The minimum absolute atomic E-state index is 0.141. The first kappa shape index (κ1) is 22.5. The summed E-state index contributed by atoms with van der Waals surface area (Å²) < 4.78 is 5.63. The van der Waals surface area contributed by atoms with Crippen LogP contribution >= 0.6 is 0 Å². The molecule has 5 nitrogen and oxygen atoms in total. The zero-order valence-corrected chi connectivity index (χ0v) is 19.0. The zero-order valence-electron chi connectivity index (χ0n) is 19.0. The third-order valence-corrected chi connectivity index (χ3v) is 6.21. The van der Waals surface area contributed by atoms with Crippen LogP contribution in [-0.2, 0) is 14.3 Å². The van der Waals surface area contributed by atoms with Gasteiger partial charge in [-0.1, -0.05) is 44.0 Å².